The van der Waals surface area contributed by atoms with Crippen molar-refractivity contribution in [1.29, 1.82) is 0 Å². The lowest BCUT2D eigenvalue weighted by Gasteiger charge is -2.08. The topological polar surface area (TPSA) is 13.1 Å². The molecule has 18 heavy (non-hydrogen) atoms. The smallest absolute Gasteiger partial charge is 0.122 e. The van der Waals surface area contributed by atoms with Gasteiger partial charge in [-0.3, -0.25) is 0 Å². The number of unbranched alkanes of at least 4 members (excludes halogenated alkanes) is 1. The number of hydrogen-bond donors (Lipinski definition) is 0. The molecule has 1 heterocycles. The van der Waals surface area contributed by atoms with E-state index in [1.165, 1.54) is 30.4 Å². The van der Waals surface area contributed by atoms with Crippen molar-refractivity contribution in [3.63, 3.8) is 0 Å². The summed E-state index contributed by atoms with van der Waals surface area (Å²) in [6, 6.07) is 12.8. The molecule has 1 atom stereocenters. The lowest BCUT2D eigenvalue weighted by Crippen LogP contribution is -1.92. The minimum absolute atomic E-state index is 0.145. The summed E-state index contributed by atoms with van der Waals surface area (Å²) in [5.41, 5.74) is 2.65. The average Bonchev–Trinajstić information content (AvgIpc) is 2.83. The fourth-order valence-corrected chi connectivity index (χ4v) is 2.54. The molecule has 2 heteroatoms. The van der Waals surface area contributed by atoms with Gasteiger partial charge in [0.2, 0.25) is 0 Å². The molecule has 0 bridgehead atoms. The van der Waals surface area contributed by atoms with E-state index in [4.69, 9.17) is 4.42 Å². The van der Waals surface area contributed by atoms with Crippen molar-refractivity contribution in [1.82, 2.24) is 0 Å². The van der Waals surface area contributed by atoms with Crippen LogP contribution in [0.4, 0.5) is 0 Å². The first-order valence-electron chi connectivity index (χ1n) is 6.50. The zero-order valence-corrected chi connectivity index (χ0v) is 12.5. The van der Waals surface area contributed by atoms with E-state index in [1.54, 1.807) is 0 Å². The van der Waals surface area contributed by atoms with E-state index in [2.05, 4.69) is 47.1 Å². The number of halogens is 1. The van der Waals surface area contributed by atoms with Gasteiger partial charge in [-0.2, -0.15) is 0 Å². The molecule has 0 N–H and O–H groups in total. The van der Waals surface area contributed by atoms with Crippen LogP contribution in [0.1, 0.15) is 47.2 Å². The Kier molecular flexibility index (Phi) is 4.65. The zero-order valence-electron chi connectivity index (χ0n) is 10.9. The van der Waals surface area contributed by atoms with Gasteiger partial charge >= 0.3 is 0 Å². The fraction of sp³-hybridized carbons (Fsp3) is 0.375. The number of rotatable bonds is 5. The van der Waals surface area contributed by atoms with Crippen LogP contribution < -0.4 is 0 Å². The summed E-state index contributed by atoms with van der Waals surface area (Å²) in [7, 11) is 0. The van der Waals surface area contributed by atoms with Crippen LogP contribution in [0.25, 0.3) is 0 Å². The Morgan fingerprint density at radius 2 is 1.83 bits per heavy atom. The monoisotopic (exact) mass is 306 g/mol. The molecule has 0 aliphatic heterocycles. The summed E-state index contributed by atoms with van der Waals surface area (Å²) < 4.78 is 5.65. The van der Waals surface area contributed by atoms with Crippen LogP contribution in [-0.4, -0.2) is 0 Å². The SMILES string of the molecule is CCCCc1ccc(C(Br)c2ccc(C)o2)cc1. The summed E-state index contributed by atoms with van der Waals surface area (Å²) in [5, 5.41) is 0. The lowest BCUT2D eigenvalue weighted by molar-refractivity contribution is 0.492. The summed E-state index contributed by atoms with van der Waals surface area (Å²) in [4.78, 5) is 0.145. The van der Waals surface area contributed by atoms with Crippen LogP contribution in [0.5, 0.6) is 0 Å². The summed E-state index contributed by atoms with van der Waals surface area (Å²) in [6.07, 6.45) is 3.67. The van der Waals surface area contributed by atoms with E-state index >= 15 is 0 Å². The molecule has 96 valence electrons. The third-order valence-corrected chi connectivity index (χ3v) is 4.08. The standard InChI is InChI=1S/C16H19BrO/c1-3-4-5-13-7-9-14(10-8-13)16(17)15-11-6-12(2)18-15/h6-11,16H,3-5H2,1-2H3. The van der Waals surface area contributed by atoms with Crippen molar-refractivity contribution >= 4 is 15.9 Å². The van der Waals surface area contributed by atoms with Gasteiger partial charge in [-0.25, -0.2) is 0 Å². The van der Waals surface area contributed by atoms with Crippen molar-refractivity contribution in [2.75, 3.05) is 0 Å². The van der Waals surface area contributed by atoms with Crippen LogP contribution in [0, 0.1) is 6.92 Å². The van der Waals surface area contributed by atoms with Crippen LogP contribution in [0.2, 0.25) is 0 Å². The number of furan rings is 1. The van der Waals surface area contributed by atoms with E-state index < -0.39 is 0 Å². The van der Waals surface area contributed by atoms with Gasteiger partial charge in [0.25, 0.3) is 0 Å². The molecule has 1 aromatic carbocycles. The molecule has 0 amide bonds. The van der Waals surface area contributed by atoms with Crippen molar-refractivity contribution in [3.8, 4) is 0 Å². The quantitative estimate of drug-likeness (QED) is 0.673. The minimum atomic E-state index is 0.145. The molecule has 2 aromatic rings. The molecular formula is C16H19BrO. The molecule has 1 unspecified atom stereocenters. The molecule has 1 nitrogen and oxygen atoms in total. The average molecular weight is 307 g/mol. The Labute approximate surface area is 117 Å². The highest BCUT2D eigenvalue weighted by Crippen LogP contribution is 2.31. The molecule has 0 saturated heterocycles. The molecule has 0 fully saturated rings. The van der Waals surface area contributed by atoms with Crippen LogP contribution >= 0.6 is 15.9 Å². The Balaban J connectivity index is 2.09. The van der Waals surface area contributed by atoms with Gasteiger partial charge in [-0.1, -0.05) is 53.5 Å². The second-order valence-corrected chi connectivity index (χ2v) is 5.57. The van der Waals surface area contributed by atoms with Crippen molar-refractivity contribution in [2.24, 2.45) is 0 Å². The van der Waals surface area contributed by atoms with E-state index in [0.717, 1.165) is 11.5 Å². The second kappa shape index (κ2) is 6.24. The van der Waals surface area contributed by atoms with Crippen LogP contribution in [0.3, 0.4) is 0 Å². The molecule has 2 rings (SSSR count). The molecule has 0 radical (unpaired) electrons. The number of hydrogen-bond acceptors (Lipinski definition) is 1. The van der Waals surface area contributed by atoms with Gasteiger partial charge in [0.1, 0.15) is 11.5 Å². The van der Waals surface area contributed by atoms with Crippen LogP contribution in [0.15, 0.2) is 40.8 Å². The first kappa shape index (κ1) is 13.4. The second-order valence-electron chi connectivity index (χ2n) is 4.66. The van der Waals surface area contributed by atoms with Gasteiger partial charge < -0.3 is 4.42 Å². The minimum Gasteiger partial charge on any atom is -0.465 e. The van der Waals surface area contributed by atoms with Crippen molar-refractivity contribution < 1.29 is 4.42 Å². The van der Waals surface area contributed by atoms with E-state index in [1.807, 2.05) is 19.1 Å². The summed E-state index contributed by atoms with van der Waals surface area (Å²) >= 11 is 3.69. The lowest BCUT2D eigenvalue weighted by atomic mass is 10.0. The number of alkyl halides is 1. The van der Waals surface area contributed by atoms with Gasteiger partial charge in [-0.15, -0.1) is 0 Å². The zero-order chi connectivity index (χ0) is 13.0. The fourth-order valence-electron chi connectivity index (χ4n) is 1.99. The van der Waals surface area contributed by atoms with Gasteiger partial charge in [0.15, 0.2) is 0 Å². The first-order valence-corrected chi connectivity index (χ1v) is 7.41. The van der Waals surface area contributed by atoms with Crippen LogP contribution in [-0.2, 0) is 6.42 Å². The highest BCUT2D eigenvalue weighted by Gasteiger charge is 2.13. The number of benzene rings is 1. The predicted molar refractivity (Wildman–Crippen MR) is 79.3 cm³/mol. The summed E-state index contributed by atoms with van der Waals surface area (Å²) in [6.45, 7) is 4.19. The Morgan fingerprint density at radius 1 is 1.11 bits per heavy atom. The highest BCUT2D eigenvalue weighted by molar-refractivity contribution is 9.09. The largest absolute Gasteiger partial charge is 0.465 e. The normalized spacial score (nSPS) is 12.6. The summed E-state index contributed by atoms with van der Waals surface area (Å²) in [5.74, 6) is 1.92. The molecule has 0 saturated carbocycles. The maximum absolute atomic E-state index is 5.65. The highest BCUT2D eigenvalue weighted by atomic mass is 79.9. The molecule has 0 spiro atoms. The van der Waals surface area contributed by atoms with E-state index in [-0.39, 0.29) is 4.83 Å². The van der Waals surface area contributed by atoms with E-state index in [9.17, 15) is 0 Å². The van der Waals surface area contributed by atoms with Gasteiger partial charge in [-0.05, 0) is 43.0 Å². The Bertz CT molecular complexity index is 484. The maximum atomic E-state index is 5.65. The molecule has 1 aromatic heterocycles. The predicted octanol–water partition coefficient (Wildman–Crippen LogP) is 5.41. The molecule has 0 aliphatic rings. The molecular weight excluding hydrogens is 288 g/mol. The third kappa shape index (κ3) is 3.26. The number of aryl methyl sites for hydroxylation is 2. The first-order chi connectivity index (χ1) is 8.70. The Morgan fingerprint density at radius 3 is 2.39 bits per heavy atom. The van der Waals surface area contributed by atoms with Gasteiger partial charge in [0, 0.05) is 0 Å². The third-order valence-electron chi connectivity index (χ3n) is 3.10. The maximum Gasteiger partial charge on any atom is 0.122 e. The van der Waals surface area contributed by atoms with E-state index in [0.29, 0.717) is 0 Å². The van der Waals surface area contributed by atoms with Crippen molar-refractivity contribution in [2.45, 2.75) is 37.9 Å². The van der Waals surface area contributed by atoms with Crippen molar-refractivity contribution in [3.05, 3.63) is 59.0 Å². The van der Waals surface area contributed by atoms with Gasteiger partial charge in [0.05, 0.1) is 4.83 Å². The Hall–Kier alpha value is -1.02. The molecule has 0 aliphatic carbocycles.